The SMILES string of the molecule is COC(C)(C)CCOc1ccc(Br)c(CO)c1. The molecule has 1 N–H and O–H groups in total. The van der Waals surface area contributed by atoms with Crippen LogP contribution in [0.1, 0.15) is 25.8 Å². The minimum atomic E-state index is -0.171. The van der Waals surface area contributed by atoms with Crippen molar-refractivity contribution in [2.24, 2.45) is 0 Å². The summed E-state index contributed by atoms with van der Waals surface area (Å²) in [5.41, 5.74) is 0.656. The van der Waals surface area contributed by atoms with Gasteiger partial charge in [-0.3, -0.25) is 0 Å². The lowest BCUT2D eigenvalue weighted by atomic mass is 10.1. The molecule has 0 fully saturated rings. The molecule has 0 atom stereocenters. The van der Waals surface area contributed by atoms with Crippen LogP contribution in [0.3, 0.4) is 0 Å². The van der Waals surface area contributed by atoms with Crippen LogP contribution in [-0.4, -0.2) is 24.4 Å². The highest BCUT2D eigenvalue weighted by Gasteiger charge is 2.16. The molecule has 96 valence electrons. The summed E-state index contributed by atoms with van der Waals surface area (Å²) >= 11 is 3.37. The van der Waals surface area contributed by atoms with Crippen LogP contribution in [0.4, 0.5) is 0 Å². The van der Waals surface area contributed by atoms with E-state index < -0.39 is 0 Å². The lowest BCUT2D eigenvalue weighted by molar-refractivity contribution is 0.00544. The number of halogens is 1. The fraction of sp³-hybridized carbons (Fsp3) is 0.538. The second-order valence-corrected chi connectivity index (χ2v) is 5.33. The molecule has 3 nitrogen and oxygen atoms in total. The van der Waals surface area contributed by atoms with E-state index in [9.17, 15) is 0 Å². The first-order chi connectivity index (χ1) is 7.98. The van der Waals surface area contributed by atoms with Gasteiger partial charge in [-0.15, -0.1) is 0 Å². The molecule has 1 aromatic carbocycles. The Morgan fingerprint density at radius 2 is 2.06 bits per heavy atom. The maximum absolute atomic E-state index is 9.13. The Bertz CT molecular complexity index is 364. The third-order valence-corrected chi connectivity index (χ3v) is 3.49. The third kappa shape index (κ3) is 4.66. The van der Waals surface area contributed by atoms with Gasteiger partial charge in [0.05, 0.1) is 18.8 Å². The summed E-state index contributed by atoms with van der Waals surface area (Å²) in [5, 5.41) is 9.13. The van der Waals surface area contributed by atoms with E-state index in [0.29, 0.717) is 6.61 Å². The van der Waals surface area contributed by atoms with Gasteiger partial charge in [-0.25, -0.2) is 0 Å². The van der Waals surface area contributed by atoms with Crippen LogP contribution in [-0.2, 0) is 11.3 Å². The molecule has 0 heterocycles. The highest BCUT2D eigenvalue weighted by Crippen LogP contribution is 2.23. The Labute approximate surface area is 111 Å². The first-order valence-corrected chi connectivity index (χ1v) is 6.35. The molecule has 0 saturated heterocycles. The van der Waals surface area contributed by atoms with Crippen LogP contribution in [0.25, 0.3) is 0 Å². The maximum Gasteiger partial charge on any atom is 0.119 e. The topological polar surface area (TPSA) is 38.7 Å². The van der Waals surface area contributed by atoms with Gasteiger partial charge in [-0.2, -0.15) is 0 Å². The molecule has 0 radical (unpaired) electrons. The van der Waals surface area contributed by atoms with Gasteiger partial charge >= 0.3 is 0 Å². The highest BCUT2D eigenvalue weighted by atomic mass is 79.9. The van der Waals surface area contributed by atoms with E-state index in [1.165, 1.54) is 0 Å². The van der Waals surface area contributed by atoms with Crippen molar-refractivity contribution >= 4 is 15.9 Å². The molecule has 0 spiro atoms. The summed E-state index contributed by atoms with van der Waals surface area (Å²) in [6.07, 6.45) is 0.814. The number of aliphatic hydroxyl groups excluding tert-OH is 1. The average Bonchev–Trinajstić information content (AvgIpc) is 2.31. The molecule has 0 aliphatic rings. The van der Waals surface area contributed by atoms with Gasteiger partial charge in [0.25, 0.3) is 0 Å². The highest BCUT2D eigenvalue weighted by molar-refractivity contribution is 9.10. The Morgan fingerprint density at radius 3 is 2.65 bits per heavy atom. The monoisotopic (exact) mass is 302 g/mol. The van der Waals surface area contributed by atoms with Crippen molar-refractivity contribution in [3.63, 3.8) is 0 Å². The molecule has 0 aliphatic heterocycles. The zero-order valence-electron chi connectivity index (χ0n) is 10.5. The van der Waals surface area contributed by atoms with Crippen molar-refractivity contribution in [2.75, 3.05) is 13.7 Å². The molecule has 0 aromatic heterocycles. The third-order valence-electron chi connectivity index (χ3n) is 2.71. The molecule has 0 saturated carbocycles. The molecule has 0 amide bonds. The van der Waals surface area contributed by atoms with Crippen LogP contribution in [0.2, 0.25) is 0 Å². The van der Waals surface area contributed by atoms with Crippen LogP contribution in [0.15, 0.2) is 22.7 Å². The Morgan fingerprint density at radius 1 is 1.35 bits per heavy atom. The summed E-state index contributed by atoms with van der Waals surface area (Å²) in [5.74, 6) is 0.768. The Balaban J connectivity index is 2.53. The van der Waals surface area contributed by atoms with E-state index in [4.69, 9.17) is 14.6 Å². The summed E-state index contributed by atoms with van der Waals surface area (Å²) in [4.78, 5) is 0. The lowest BCUT2D eigenvalue weighted by Crippen LogP contribution is -2.25. The second-order valence-electron chi connectivity index (χ2n) is 4.47. The number of rotatable bonds is 6. The fourth-order valence-corrected chi connectivity index (χ4v) is 1.65. The van der Waals surface area contributed by atoms with Crippen molar-refractivity contribution in [1.29, 1.82) is 0 Å². The molecule has 4 heteroatoms. The van der Waals surface area contributed by atoms with Crippen LogP contribution < -0.4 is 4.74 Å². The largest absolute Gasteiger partial charge is 0.493 e. The molecular formula is C13H19BrO3. The maximum atomic E-state index is 9.13. The number of hydrogen-bond acceptors (Lipinski definition) is 3. The molecule has 0 aliphatic carbocycles. The molecule has 0 bridgehead atoms. The number of ether oxygens (including phenoxy) is 2. The molecule has 17 heavy (non-hydrogen) atoms. The van der Waals surface area contributed by atoms with E-state index in [1.807, 2.05) is 32.0 Å². The van der Waals surface area contributed by atoms with E-state index in [0.717, 1.165) is 22.2 Å². The van der Waals surface area contributed by atoms with E-state index in [-0.39, 0.29) is 12.2 Å². The zero-order valence-corrected chi connectivity index (χ0v) is 12.1. The smallest absolute Gasteiger partial charge is 0.119 e. The Kier molecular flexibility index (Phi) is 5.43. The second kappa shape index (κ2) is 6.38. The number of methoxy groups -OCH3 is 1. The minimum Gasteiger partial charge on any atom is -0.493 e. The average molecular weight is 303 g/mol. The summed E-state index contributed by atoms with van der Waals surface area (Å²) in [6, 6.07) is 5.59. The standard InChI is InChI=1S/C13H19BrO3/c1-13(2,16-3)6-7-17-11-4-5-12(14)10(8-11)9-15/h4-5,8,15H,6-7,9H2,1-3H3. The van der Waals surface area contributed by atoms with Crippen LogP contribution in [0, 0.1) is 0 Å². The molecular weight excluding hydrogens is 284 g/mol. The van der Waals surface area contributed by atoms with E-state index in [1.54, 1.807) is 7.11 Å². The van der Waals surface area contributed by atoms with Gasteiger partial charge in [-0.1, -0.05) is 15.9 Å². The summed E-state index contributed by atoms with van der Waals surface area (Å²) in [7, 11) is 1.70. The van der Waals surface area contributed by atoms with E-state index in [2.05, 4.69) is 15.9 Å². The zero-order chi connectivity index (χ0) is 12.9. The molecule has 0 unspecified atom stereocenters. The van der Waals surface area contributed by atoms with Crippen molar-refractivity contribution in [2.45, 2.75) is 32.5 Å². The molecule has 1 aromatic rings. The van der Waals surface area contributed by atoms with Gasteiger partial charge in [0, 0.05) is 18.0 Å². The first kappa shape index (κ1) is 14.5. The van der Waals surface area contributed by atoms with E-state index >= 15 is 0 Å². The molecule has 1 rings (SSSR count). The number of hydrogen-bond donors (Lipinski definition) is 1. The van der Waals surface area contributed by atoms with Crippen LogP contribution in [0.5, 0.6) is 5.75 Å². The number of benzene rings is 1. The van der Waals surface area contributed by atoms with Gasteiger partial charge in [-0.05, 0) is 37.6 Å². The fourth-order valence-electron chi connectivity index (χ4n) is 1.28. The lowest BCUT2D eigenvalue weighted by Gasteiger charge is -2.22. The van der Waals surface area contributed by atoms with Crippen molar-refractivity contribution in [1.82, 2.24) is 0 Å². The van der Waals surface area contributed by atoms with Gasteiger partial charge in [0.15, 0.2) is 0 Å². The predicted octanol–water partition coefficient (Wildman–Crippen LogP) is 3.14. The quantitative estimate of drug-likeness (QED) is 0.877. The van der Waals surface area contributed by atoms with Crippen molar-refractivity contribution in [3.05, 3.63) is 28.2 Å². The number of aliphatic hydroxyl groups is 1. The predicted molar refractivity (Wildman–Crippen MR) is 71.3 cm³/mol. The van der Waals surface area contributed by atoms with Gasteiger partial charge < -0.3 is 14.6 Å². The van der Waals surface area contributed by atoms with Crippen LogP contribution >= 0.6 is 15.9 Å². The summed E-state index contributed by atoms with van der Waals surface area (Å²) in [6.45, 7) is 4.64. The normalized spacial score (nSPS) is 11.6. The van der Waals surface area contributed by atoms with Crippen molar-refractivity contribution in [3.8, 4) is 5.75 Å². The summed E-state index contributed by atoms with van der Waals surface area (Å²) < 4.78 is 11.8. The van der Waals surface area contributed by atoms with Crippen molar-refractivity contribution < 1.29 is 14.6 Å². The van der Waals surface area contributed by atoms with Gasteiger partial charge in [0.1, 0.15) is 5.75 Å². The van der Waals surface area contributed by atoms with Gasteiger partial charge in [0.2, 0.25) is 0 Å². The minimum absolute atomic E-state index is 0.00134. The first-order valence-electron chi connectivity index (χ1n) is 5.56. The Hall–Kier alpha value is -0.580.